The third kappa shape index (κ3) is 6.82. The molecule has 2 amide bonds. The molecule has 2 unspecified atom stereocenters. The number of fused-ring (bicyclic) bond motifs is 2. The van der Waals surface area contributed by atoms with Crippen molar-refractivity contribution in [3.05, 3.63) is 115 Å². The van der Waals surface area contributed by atoms with Crippen LogP contribution in [0.3, 0.4) is 0 Å². The fraction of sp³-hybridized carbons (Fsp3) is 0.200. The van der Waals surface area contributed by atoms with Gasteiger partial charge in [0.1, 0.15) is 12.1 Å². The second-order valence-corrected chi connectivity index (χ2v) is 13.3. The van der Waals surface area contributed by atoms with Gasteiger partial charge in [0, 0.05) is 60.5 Å². The highest BCUT2D eigenvalue weighted by molar-refractivity contribution is 6.01. The van der Waals surface area contributed by atoms with Gasteiger partial charge in [0.25, 0.3) is 0 Å². The normalized spacial score (nSPS) is 15.5. The molecule has 1 saturated heterocycles. The standard InChI is InChI=1S/C40H39N11O2/c1-25(36-22-50(19-18-49(36)2)40(53)47-32-13-7-10-26-8-3-5-11-29(26)32)44-39-46-33(30-12-6-4-9-28(30)23-52)21-37(48-39)51-24-43-34-20-27(14-15-35(34)51)31-16-17-42-38(41)45-31/h3-17,20-21,24-25,36,52H,18-19,22-23H2,1-2H3,(H,47,53)(H2,41,42,45)(H,44,46,48). The monoisotopic (exact) mass is 705 g/mol. The van der Waals surface area contributed by atoms with E-state index in [1.54, 1.807) is 12.5 Å². The van der Waals surface area contributed by atoms with Crippen molar-refractivity contribution in [3.8, 4) is 28.3 Å². The second kappa shape index (κ2) is 14.3. The van der Waals surface area contributed by atoms with E-state index < -0.39 is 0 Å². The van der Waals surface area contributed by atoms with Gasteiger partial charge in [-0.05, 0) is 49.2 Å². The summed E-state index contributed by atoms with van der Waals surface area (Å²) in [6.45, 7) is 3.76. The summed E-state index contributed by atoms with van der Waals surface area (Å²) in [7, 11) is 2.07. The van der Waals surface area contributed by atoms with Gasteiger partial charge in [0.2, 0.25) is 11.9 Å². The van der Waals surface area contributed by atoms with Crippen molar-refractivity contribution in [3.63, 3.8) is 0 Å². The number of hydrogen-bond acceptors (Lipinski definition) is 10. The summed E-state index contributed by atoms with van der Waals surface area (Å²) in [6.07, 6.45) is 3.37. The summed E-state index contributed by atoms with van der Waals surface area (Å²) in [5.41, 5.74) is 12.0. The first-order chi connectivity index (χ1) is 25.8. The Morgan fingerprint density at radius 1 is 0.925 bits per heavy atom. The molecule has 2 atom stereocenters. The highest BCUT2D eigenvalue weighted by Gasteiger charge is 2.32. The number of aliphatic hydroxyl groups is 1. The van der Waals surface area contributed by atoms with Gasteiger partial charge < -0.3 is 26.4 Å². The molecule has 0 spiro atoms. The van der Waals surface area contributed by atoms with Crippen LogP contribution in [0.1, 0.15) is 12.5 Å². The molecule has 3 aromatic heterocycles. The van der Waals surface area contributed by atoms with Crippen molar-refractivity contribution in [2.45, 2.75) is 25.6 Å². The first kappa shape index (κ1) is 33.7. The van der Waals surface area contributed by atoms with E-state index in [0.717, 1.165) is 44.2 Å². The molecule has 13 nitrogen and oxygen atoms in total. The summed E-state index contributed by atoms with van der Waals surface area (Å²) in [6, 6.07) is 30.9. The number of piperazine rings is 1. The predicted molar refractivity (Wildman–Crippen MR) is 207 cm³/mol. The number of imidazole rings is 1. The summed E-state index contributed by atoms with van der Waals surface area (Å²) < 4.78 is 1.92. The Morgan fingerprint density at radius 3 is 2.62 bits per heavy atom. The van der Waals surface area contributed by atoms with Gasteiger partial charge in [-0.1, -0.05) is 66.7 Å². The van der Waals surface area contributed by atoms with E-state index >= 15 is 0 Å². The third-order valence-corrected chi connectivity index (χ3v) is 9.89. The summed E-state index contributed by atoms with van der Waals surface area (Å²) in [5, 5.41) is 19.0. The number of carbonyl (C=O) groups is 1. The van der Waals surface area contributed by atoms with Gasteiger partial charge in [-0.3, -0.25) is 9.47 Å². The molecule has 0 radical (unpaired) electrons. The maximum Gasteiger partial charge on any atom is 0.321 e. The second-order valence-electron chi connectivity index (χ2n) is 13.3. The quantitative estimate of drug-likeness (QED) is 0.152. The Balaban J connectivity index is 1.09. The molecular formula is C40H39N11O2. The van der Waals surface area contributed by atoms with Crippen molar-refractivity contribution in [1.29, 1.82) is 0 Å². The fourth-order valence-corrected chi connectivity index (χ4v) is 7.01. The molecule has 13 heteroatoms. The minimum Gasteiger partial charge on any atom is -0.392 e. The maximum atomic E-state index is 13.6. The van der Waals surface area contributed by atoms with Crippen LogP contribution in [0, 0.1) is 0 Å². The van der Waals surface area contributed by atoms with Crippen molar-refractivity contribution in [1.82, 2.24) is 39.3 Å². The first-order valence-corrected chi connectivity index (χ1v) is 17.5. The molecule has 0 saturated carbocycles. The van der Waals surface area contributed by atoms with Crippen LogP contribution in [0.15, 0.2) is 110 Å². The van der Waals surface area contributed by atoms with Gasteiger partial charge in [0.05, 0.1) is 34.7 Å². The number of hydrogen-bond donors (Lipinski definition) is 4. The van der Waals surface area contributed by atoms with Crippen molar-refractivity contribution < 1.29 is 9.90 Å². The number of rotatable bonds is 8. The lowest BCUT2D eigenvalue weighted by Crippen LogP contribution is -2.59. The minimum absolute atomic E-state index is 0.0363. The molecule has 266 valence electrons. The molecule has 4 heterocycles. The van der Waals surface area contributed by atoms with Gasteiger partial charge in [-0.2, -0.15) is 4.98 Å². The number of nitrogens with one attached hydrogen (secondary N) is 2. The van der Waals surface area contributed by atoms with E-state index in [9.17, 15) is 9.90 Å². The van der Waals surface area contributed by atoms with Crippen molar-refractivity contribution in [2.75, 3.05) is 43.0 Å². The largest absolute Gasteiger partial charge is 0.392 e. The Morgan fingerprint density at radius 2 is 1.75 bits per heavy atom. The molecule has 7 aromatic rings. The van der Waals surface area contributed by atoms with Crippen molar-refractivity contribution >= 4 is 45.4 Å². The number of amides is 2. The summed E-state index contributed by atoms with van der Waals surface area (Å²) >= 11 is 0. The Labute approximate surface area is 306 Å². The number of benzene rings is 4. The van der Waals surface area contributed by atoms with Crippen LogP contribution < -0.4 is 16.4 Å². The predicted octanol–water partition coefficient (Wildman–Crippen LogP) is 5.82. The van der Waals surface area contributed by atoms with Gasteiger partial charge in [0.15, 0.2) is 0 Å². The van der Waals surface area contributed by atoms with E-state index in [1.807, 2.05) is 107 Å². The van der Waals surface area contributed by atoms with Gasteiger partial charge in [-0.15, -0.1) is 0 Å². The molecule has 5 N–H and O–H groups in total. The zero-order valence-corrected chi connectivity index (χ0v) is 29.4. The molecule has 53 heavy (non-hydrogen) atoms. The fourth-order valence-electron chi connectivity index (χ4n) is 7.01. The smallest absolute Gasteiger partial charge is 0.321 e. The number of carbonyl (C=O) groups excluding carboxylic acids is 1. The van der Waals surface area contributed by atoms with E-state index in [4.69, 9.17) is 20.7 Å². The number of nitrogen functional groups attached to an aromatic ring is 1. The lowest BCUT2D eigenvalue weighted by Gasteiger charge is -2.42. The molecule has 1 aliphatic rings. The zero-order valence-electron chi connectivity index (χ0n) is 29.4. The first-order valence-electron chi connectivity index (χ1n) is 17.5. The maximum absolute atomic E-state index is 13.6. The Hall–Kier alpha value is -6.44. The number of nitrogens with two attached hydrogens (primary N) is 1. The molecule has 1 fully saturated rings. The number of likely N-dealkylation sites (N-methyl/N-ethyl adjacent to an activating group) is 1. The van der Waals surface area contributed by atoms with Crippen LogP contribution in [-0.2, 0) is 6.61 Å². The number of anilines is 3. The Kier molecular flexibility index (Phi) is 9.08. The molecule has 0 bridgehead atoms. The topological polar surface area (TPSA) is 163 Å². The van der Waals surface area contributed by atoms with Crippen LogP contribution >= 0.6 is 0 Å². The van der Waals surface area contributed by atoms with E-state index in [2.05, 4.69) is 39.5 Å². The number of aromatic nitrogens is 6. The van der Waals surface area contributed by atoms with Crippen LogP contribution in [-0.4, -0.2) is 89.2 Å². The molecule has 1 aliphatic heterocycles. The minimum atomic E-state index is -0.147. The number of urea groups is 1. The van der Waals surface area contributed by atoms with Gasteiger partial charge >= 0.3 is 6.03 Å². The lowest BCUT2D eigenvalue weighted by molar-refractivity contribution is 0.108. The van der Waals surface area contributed by atoms with E-state index in [0.29, 0.717) is 42.8 Å². The molecule has 4 aromatic carbocycles. The average Bonchev–Trinajstić information content (AvgIpc) is 3.61. The average molecular weight is 706 g/mol. The van der Waals surface area contributed by atoms with Crippen molar-refractivity contribution in [2.24, 2.45) is 0 Å². The highest BCUT2D eigenvalue weighted by atomic mass is 16.3. The van der Waals surface area contributed by atoms with E-state index in [1.165, 1.54) is 0 Å². The molecule has 8 rings (SSSR count). The van der Waals surface area contributed by atoms with E-state index in [-0.39, 0.29) is 30.7 Å². The highest BCUT2D eigenvalue weighted by Crippen LogP contribution is 2.29. The summed E-state index contributed by atoms with van der Waals surface area (Å²) in [4.78, 5) is 40.8. The van der Waals surface area contributed by atoms with Crippen LogP contribution in [0.4, 0.5) is 22.4 Å². The van der Waals surface area contributed by atoms with Crippen LogP contribution in [0.25, 0.3) is 50.1 Å². The lowest BCUT2D eigenvalue weighted by atomic mass is 10.0. The number of aliphatic hydroxyl groups excluding tert-OH is 1. The van der Waals surface area contributed by atoms with Crippen LogP contribution in [0.2, 0.25) is 0 Å². The SMILES string of the molecule is CC(Nc1nc(-c2ccccc2CO)cc(-n2cnc3cc(-c4ccnc(N)n4)ccc32)n1)C1CN(C(=O)Nc2cccc3ccccc23)CCN1C. The Bertz CT molecular complexity index is 2440. The summed E-state index contributed by atoms with van der Waals surface area (Å²) in [5.74, 6) is 1.22. The zero-order chi connectivity index (χ0) is 36.5. The molecular weight excluding hydrogens is 667 g/mol. The molecule has 0 aliphatic carbocycles. The van der Waals surface area contributed by atoms with Crippen LogP contribution in [0.5, 0.6) is 0 Å². The van der Waals surface area contributed by atoms with Gasteiger partial charge in [-0.25, -0.2) is 24.7 Å². The number of nitrogens with zero attached hydrogens (tertiary/aromatic N) is 8. The third-order valence-electron chi connectivity index (χ3n) is 9.89.